The molecule has 0 bridgehead atoms. The van der Waals surface area contributed by atoms with E-state index in [1.54, 1.807) is 6.07 Å². The maximum Gasteiger partial charge on any atom is 0.337 e. The second-order valence-electron chi connectivity index (χ2n) is 5.45. The Kier molecular flexibility index (Phi) is 3.54. The molecule has 0 radical (unpaired) electrons. The number of rotatable bonds is 2. The largest absolute Gasteiger partial charge is 0.465 e. The first kappa shape index (κ1) is 14.8. The predicted octanol–water partition coefficient (Wildman–Crippen LogP) is 4.68. The topological polar surface area (TPSA) is 44.8 Å². The number of fused-ring (bicyclic) bond motifs is 2. The van der Waals surface area contributed by atoms with Gasteiger partial charge in [0.15, 0.2) is 11.5 Å². The summed E-state index contributed by atoms with van der Waals surface area (Å²) in [5.41, 5.74) is 2.34. The Morgan fingerprint density at radius 2 is 1.75 bits per heavy atom. The van der Waals surface area contributed by atoms with Gasteiger partial charge in [-0.3, -0.25) is 0 Å². The molecule has 0 unspecified atom stereocenters. The standard InChI is InChI=1S/C19H13ClO4/c1-22-19(21)13-6-12-8-17-18(24-10-23-17)9-16(12)15(7-13)11-2-4-14(20)5-3-11/h2-9H,10H2,1H3. The summed E-state index contributed by atoms with van der Waals surface area (Å²) in [7, 11) is 1.37. The molecule has 0 saturated heterocycles. The van der Waals surface area contributed by atoms with Gasteiger partial charge in [-0.2, -0.15) is 0 Å². The molecule has 3 aromatic carbocycles. The lowest BCUT2D eigenvalue weighted by atomic mass is 9.95. The van der Waals surface area contributed by atoms with Crippen molar-refractivity contribution < 1.29 is 19.0 Å². The number of carbonyl (C=O) groups is 1. The Morgan fingerprint density at radius 3 is 2.46 bits per heavy atom. The van der Waals surface area contributed by atoms with Crippen LogP contribution in [0.5, 0.6) is 11.5 Å². The molecule has 0 aliphatic carbocycles. The molecule has 0 spiro atoms. The molecule has 4 rings (SSSR count). The highest BCUT2D eigenvalue weighted by atomic mass is 35.5. The quantitative estimate of drug-likeness (QED) is 0.636. The molecule has 0 aromatic heterocycles. The molecule has 0 fully saturated rings. The van der Waals surface area contributed by atoms with Crippen LogP contribution in [-0.4, -0.2) is 19.9 Å². The van der Waals surface area contributed by atoms with Gasteiger partial charge >= 0.3 is 5.97 Å². The van der Waals surface area contributed by atoms with Gasteiger partial charge in [-0.15, -0.1) is 0 Å². The molecule has 4 nitrogen and oxygen atoms in total. The zero-order valence-corrected chi connectivity index (χ0v) is 13.6. The van der Waals surface area contributed by atoms with Crippen molar-refractivity contribution in [1.82, 2.24) is 0 Å². The van der Waals surface area contributed by atoms with Crippen LogP contribution >= 0.6 is 11.6 Å². The van der Waals surface area contributed by atoms with E-state index in [1.807, 2.05) is 42.5 Å². The van der Waals surface area contributed by atoms with E-state index >= 15 is 0 Å². The van der Waals surface area contributed by atoms with Crippen molar-refractivity contribution in [3.05, 3.63) is 59.1 Å². The van der Waals surface area contributed by atoms with Gasteiger partial charge in [-0.05, 0) is 58.3 Å². The zero-order valence-electron chi connectivity index (χ0n) is 12.8. The van der Waals surface area contributed by atoms with Crippen molar-refractivity contribution in [2.75, 3.05) is 13.9 Å². The average Bonchev–Trinajstić information content (AvgIpc) is 3.06. The molecule has 5 heteroatoms. The maximum absolute atomic E-state index is 12.0. The average molecular weight is 341 g/mol. The first-order valence-electron chi connectivity index (χ1n) is 7.37. The fourth-order valence-electron chi connectivity index (χ4n) is 2.86. The van der Waals surface area contributed by atoms with Gasteiger partial charge in [0.05, 0.1) is 12.7 Å². The van der Waals surface area contributed by atoms with Gasteiger partial charge in [0.2, 0.25) is 6.79 Å². The van der Waals surface area contributed by atoms with Crippen LogP contribution in [0.2, 0.25) is 5.02 Å². The number of esters is 1. The minimum absolute atomic E-state index is 0.200. The van der Waals surface area contributed by atoms with Gasteiger partial charge < -0.3 is 14.2 Å². The van der Waals surface area contributed by atoms with Gasteiger partial charge in [-0.25, -0.2) is 4.79 Å². The summed E-state index contributed by atoms with van der Waals surface area (Å²) < 4.78 is 15.8. The number of hydrogen-bond acceptors (Lipinski definition) is 4. The Bertz CT molecular complexity index is 948. The Labute approximate surface area is 143 Å². The van der Waals surface area contributed by atoms with Gasteiger partial charge in [0.25, 0.3) is 0 Å². The molecule has 0 atom stereocenters. The van der Waals surface area contributed by atoms with Crippen molar-refractivity contribution in [2.24, 2.45) is 0 Å². The summed E-state index contributed by atoms with van der Waals surface area (Å²) >= 11 is 5.99. The number of halogens is 1. The first-order chi connectivity index (χ1) is 11.7. The van der Waals surface area contributed by atoms with Crippen LogP contribution in [0.3, 0.4) is 0 Å². The van der Waals surface area contributed by atoms with Crippen molar-refractivity contribution in [3.8, 4) is 22.6 Å². The van der Waals surface area contributed by atoms with Gasteiger partial charge in [-0.1, -0.05) is 23.7 Å². The SMILES string of the molecule is COC(=O)c1cc(-c2ccc(Cl)cc2)c2cc3c(cc2c1)OCO3. The summed E-state index contributed by atoms with van der Waals surface area (Å²) in [6, 6.07) is 14.9. The number of carbonyl (C=O) groups excluding carboxylic acids is 1. The predicted molar refractivity (Wildman–Crippen MR) is 91.9 cm³/mol. The van der Waals surface area contributed by atoms with E-state index in [4.69, 9.17) is 25.8 Å². The molecular weight excluding hydrogens is 328 g/mol. The second kappa shape index (κ2) is 5.73. The van der Waals surface area contributed by atoms with Crippen LogP contribution in [0.1, 0.15) is 10.4 Å². The fourth-order valence-corrected chi connectivity index (χ4v) is 2.98. The Morgan fingerprint density at radius 1 is 1.04 bits per heavy atom. The zero-order chi connectivity index (χ0) is 16.7. The van der Waals surface area contributed by atoms with Gasteiger partial charge in [0.1, 0.15) is 0 Å². The fraction of sp³-hybridized carbons (Fsp3) is 0.105. The van der Waals surface area contributed by atoms with Crippen molar-refractivity contribution in [3.63, 3.8) is 0 Å². The molecule has 1 aliphatic heterocycles. The van der Waals surface area contributed by atoms with Crippen LogP contribution in [0.4, 0.5) is 0 Å². The van der Waals surface area contributed by atoms with Crippen LogP contribution in [0.15, 0.2) is 48.5 Å². The molecular formula is C19H13ClO4. The van der Waals surface area contributed by atoms with E-state index in [2.05, 4.69) is 0 Å². The Balaban J connectivity index is 2.01. The van der Waals surface area contributed by atoms with E-state index in [0.29, 0.717) is 22.1 Å². The van der Waals surface area contributed by atoms with E-state index in [0.717, 1.165) is 21.9 Å². The van der Waals surface area contributed by atoms with E-state index < -0.39 is 0 Å². The second-order valence-corrected chi connectivity index (χ2v) is 5.89. The number of ether oxygens (including phenoxy) is 3. The molecule has 3 aromatic rings. The molecule has 1 aliphatic rings. The first-order valence-corrected chi connectivity index (χ1v) is 7.75. The molecule has 1 heterocycles. The molecule has 0 saturated carbocycles. The minimum atomic E-state index is -0.384. The summed E-state index contributed by atoms with van der Waals surface area (Å²) in [5, 5.41) is 2.51. The number of benzene rings is 3. The van der Waals surface area contributed by atoms with Crippen LogP contribution in [-0.2, 0) is 4.74 Å². The highest BCUT2D eigenvalue weighted by Crippen LogP contribution is 2.40. The van der Waals surface area contributed by atoms with E-state index in [-0.39, 0.29) is 12.8 Å². The minimum Gasteiger partial charge on any atom is -0.465 e. The van der Waals surface area contributed by atoms with Gasteiger partial charge in [0, 0.05) is 5.02 Å². The summed E-state index contributed by atoms with van der Waals surface area (Å²) in [6.45, 7) is 0.200. The molecule has 24 heavy (non-hydrogen) atoms. The number of methoxy groups -OCH3 is 1. The molecule has 0 amide bonds. The van der Waals surface area contributed by atoms with Crippen molar-refractivity contribution in [2.45, 2.75) is 0 Å². The molecule has 0 N–H and O–H groups in total. The van der Waals surface area contributed by atoms with Crippen LogP contribution in [0.25, 0.3) is 21.9 Å². The van der Waals surface area contributed by atoms with Crippen molar-refractivity contribution >= 4 is 28.3 Å². The molecule has 120 valence electrons. The third-order valence-corrected chi connectivity index (χ3v) is 4.27. The van der Waals surface area contributed by atoms with Crippen LogP contribution in [0, 0.1) is 0 Å². The smallest absolute Gasteiger partial charge is 0.337 e. The summed E-state index contributed by atoms with van der Waals surface area (Å²) in [4.78, 5) is 12.0. The summed E-state index contributed by atoms with van der Waals surface area (Å²) in [5.74, 6) is 0.986. The van der Waals surface area contributed by atoms with E-state index in [1.165, 1.54) is 7.11 Å². The van der Waals surface area contributed by atoms with Crippen molar-refractivity contribution in [1.29, 1.82) is 0 Å². The lowest BCUT2D eigenvalue weighted by Crippen LogP contribution is -2.01. The summed E-state index contributed by atoms with van der Waals surface area (Å²) in [6.07, 6.45) is 0. The lowest BCUT2D eigenvalue weighted by molar-refractivity contribution is 0.0601. The highest BCUT2D eigenvalue weighted by Gasteiger charge is 2.18. The monoisotopic (exact) mass is 340 g/mol. The normalized spacial score (nSPS) is 12.4. The van der Waals surface area contributed by atoms with E-state index in [9.17, 15) is 4.79 Å². The third-order valence-electron chi connectivity index (χ3n) is 4.02. The maximum atomic E-state index is 12.0. The Hall–Kier alpha value is -2.72. The third kappa shape index (κ3) is 2.45. The number of hydrogen-bond donors (Lipinski definition) is 0. The van der Waals surface area contributed by atoms with Crippen LogP contribution < -0.4 is 9.47 Å². The highest BCUT2D eigenvalue weighted by molar-refractivity contribution is 6.30. The lowest BCUT2D eigenvalue weighted by Gasteiger charge is -2.11.